The smallest absolute Gasteiger partial charge is 0.275 e. The van der Waals surface area contributed by atoms with E-state index >= 15 is 0 Å². The highest BCUT2D eigenvalue weighted by Crippen LogP contribution is 2.37. The average molecular weight is 508 g/mol. The molecule has 6 rings (SSSR count). The molecule has 3 aromatic carbocycles. The summed E-state index contributed by atoms with van der Waals surface area (Å²) in [5.41, 5.74) is 3.73. The summed E-state index contributed by atoms with van der Waals surface area (Å²) in [6, 6.07) is 22.9. The number of rotatable bonds is 8. The van der Waals surface area contributed by atoms with Crippen LogP contribution in [0.5, 0.6) is 11.5 Å². The van der Waals surface area contributed by atoms with Crippen molar-refractivity contribution >= 4 is 44.9 Å². The van der Waals surface area contributed by atoms with Crippen LogP contribution in [0.4, 0.5) is 0 Å². The number of ether oxygens (including phenoxy) is 2. The molecule has 1 aliphatic heterocycles. The molecule has 0 saturated heterocycles. The second kappa shape index (κ2) is 9.57. The van der Waals surface area contributed by atoms with Crippen LogP contribution in [0.1, 0.15) is 11.1 Å². The molecule has 8 heteroatoms. The highest BCUT2D eigenvalue weighted by Gasteiger charge is 2.35. The van der Waals surface area contributed by atoms with Crippen LogP contribution in [-0.2, 0) is 22.7 Å². The largest absolute Gasteiger partial charge is 0.497 e. The van der Waals surface area contributed by atoms with Crippen LogP contribution >= 0.6 is 0 Å². The summed E-state index contributed by atoms with van der Waals surface area (Å²) in [6.07, 6.45) is 3.59. The van der Waals surface area contributed by atoms with Gasteiger partial charge in [-0.2, -0.15) is 0 Å². The maximum Gasteiger partial charge on any atom is 0.275 e. The van der Waals surface area contributed by atoms with Crippen molar-refractivity contribution in [1.29, 1.82) is 0 Å². The first-order valence-corrected chi connectivity index (χ1v) is 12.2. The van der Waals surface area contributed by atoms with Crippen LogP contribution < -0.4 is 14.8 Å². The number of carbonyl (C=O) groups is 2. The molecular weight excluding hydrogens is 482 g/mol. The van der Waals surface area contributed by atoms with Gasteiger partial charge in [0.05, 0.1) is 24.8 Å². The standard InChI is InChI=1S/C30H25N3O5/c1-37-21-7-9-25-20(15-21)11-12-33(25)28-27(29(35)31-30(28)36)24-17-32(13-14-34)26-10-8-22(16-23(24)26)38-18-19-5-3-2-4-6-19/h2-12,15-17,34H,13-14,18H2,1H3,(H,31,35,36). The molecule has 2 N–H and O–H groups in total. The Morgan fingerprint density at radius 2 is 1.68 bits per heavy atom. The molecule has 1 aliphatic rings. The van der Waals surface area contributed by atoms with E-state index in [1.807, 2.05) is 83.6 Å². The van der Waals surface area contributed by atoms with Gasteiger partial charge in [0.1, 0.15) is 23.8 Å². The van der Waals surface area contributed by atoms with Crippen molar-refractivity contribution in [1.82, 2.24) is 14.5 Å². The van der Waals surface area contributed by atoms with Crippen LogP contribution in [-0.4, -0.2) is 39.8 Å². The van der Waals surface area contributed by atoms with Gasteiger partial charge >= 0.3 is 0 Å². The van der Waals surface area contributed by atoms with Crippen molar-refractivity contribution in [2.45, 2.75) is 13.2 Å². The second-order valence-electron chi connectivity index (χ2n) is 9.03. The first kappa shape index (κ1) is 23.6. The average Bonchev–Trinajstić information content (AvgIpc) is 3.60. The molecule has 0 fully saturated rings. The van der Waals surface area contributed by atoms with Gasteiger partial charge in [-0.15, -0.1) is 0 Å². The van der Waals surface area contributed by atoms with Crippen LogP contribution in [0.3, 0.4) is 0 Å². The zero-order valence-corrected chi connectivity index (χ0v) is 20.7. The molecule has 0 unspecified atom stereocenters. The van der Waals surface area contributed by atoms with E-state index in [0.29, 0.717) is 30.2 Å². The third-order valence-electron chi connectivity index (χ3n) is 6.76. The number of methoxy groups -OCH3 is 1. The molecule has 190 valence electrons. The van der Waals surface area contributed by atoms with Gasteiger partial charge in [-0.25, -0.2) is 0 Å². The summed E-state index contributed by atoms with van der Waals surface area (Å²) in [4.78, 5) is 26.3. The normalized spacial score (nSPS) is 13.5. The van der Waals surface area contributed by atoms with E-state index < -0.39 is 11.8 Å². The van der Waals surface area contributed by atoms with E-state index in [2.05, 4.69) is 5.32 Å². The van der Waals surface area contributed by atoms with E-state index in [0.717, 1.165) is 27.4 Å². The fraction of sp³-hybridized carbons (Fsp3) is 0.133. The summed E-state index contributed by atoms with van der Waals surface area (Å²) in [5.74, 6) is 0.387. The molecule has 0 saturated carbocycles. The van der Waals surface area contributed by atoms with Gasteiger partial charge in [-0.05, 0) is 48.0 Å². The number of carbonyl (C=O) groups excluding carboxylic acids is 2. The first-order valence-electron chi connectivity index (χ1n) is 12.2. The van der Waals surface area contributed by atoms with Crippen molar-refractivity contribution in [3.05, 3.63) is 96.3 Å². The van der Waals surface area contributed by atoms with Gasteiger partial charge in [0, 0.05) is 40.8 Å². The molecule has 0 bridgehead atoms. The minimum Gasteiger partial charge on any atom is -0.497 e. The second-order valence-corrected chi connectivity index (χ2v) is 9.03. The van der Waals surface area contributed by atoms with Crippen LogP contribution in [0.25, 0.3) is 33.1 Å². The number of fused-ring (bicyclic) bond motifs is 2. The minimum absolute atomic E-state index is 0.0728. The highest BCUT2D eigenvalue weighted by molar-refractivity contribution is 6.47. The van der Waals surface area contributed by atoms with Crippen LogP contribution in [0.15, 0.2) is 85.2 Å². The lowest BCUT2D eigenvalue weighted by molar-refractivity contribution is -0.122. The van der Waals surface area contributed by atoms with Crippen molar-refractivity contribution in [2.24, 2.45) is 0 Å². The van der Waals surface area contributed by atoms with Crippen molar-refractivity contribution in [3.8, 4) is 11.5 Å². The molecule has 0 aliphatic carbocycles. The SMILES string of the molecule is COc1ccc2c(ccn2C2=C(c3cn(CCO)c4ccc(OCc5ccccc5)cc34)C(=O)NC2=O)c1. The van der Waals surface area contributed by atoms with Gasteiger partial charge in [-0.3, -0.25) is 14.9 Å². The lowest BCUT2D eigenvalue weighted by Gasteiger charge is -2.09. The molecule has 38 heavy (non-hydrogen) atoms. The zero-order chi connectivity index (χ0) is 26.2. The lowest BCUT2D eigenvalue weighted by Crippen LogP contribution is -2.23. The lowest BCUT2D eigenvalue weighted by atomic mass is 10.0. The number of hydrogen-bond acceptors (Lipinski definition) is 5. The molecular formula is C30H25N3O5. The first-order chi connectivity index (χ1) is 18.6. The quantitative estimate of drug-likeness (QED) is 0.307. The Morgan fingerprint density at radius 3 is 2.47 bits per heavy atom. The number of imide groups is 1. The van der Waals surface area contributed by atoms with E-state index in [-0.39, 0.29) is 17.9 Å². The van der Waals surface area contributed by atoms with E-state index in [4.69, 9.17) is 9.47 Å². The number of nitrogens with zero attached hydrogens (tertiary/aromatic N) is 2. The van der Waals surface area contributed by atoms with Crippen LogP contribution in [0, 0.1) is 0 Å². The summed E-state index contributed by atoms with van der Waals surface area (Å²) in [5, 5.41) is 13.8. The number of aliphatic hydroxyl groups excluding tert-OH is 1. The fourth-order valence-corrected chi connectivity index (χ4v) is 4.97. The summed E-state index contributed by atoms with van der Waals surface area (Å²) < 4.78 is 15.0. The summed E-state index contributed by atoms with van der Waals surface area (Å²) in [7, 11) is 1.60. The monoisotopic (exact) mass is 507 g/mol. The number of benzene rings is 3. The third-order valence-corrected chi connectivity index (χ3v) is 6.76. The number of aliphatic hydroxyl groups is 1. The van der Waals surface area contributed by atoms with Crippen LogP contribution in [0.2, 0.25) is 0 Å². The Labute approximate surface area is 218 Å². The van der Waals surface area contributed by atoms with Gasteiger partial charge in [0.25, 0.3) is 11.8 Å². The third kappa shape index (κ3) is 4.01. The minimum atomic E-state index is -0.474. The number of nitrogens with one attached hydrogen (secondary N) is 1. The number of hydrogen-bond donors (Lipinski definition) is 2. The highest BCUT2D eigenvalue weighted by atomic mass is 16.5. The van der Waals surface area contributed by atoms with Gasteiger partial charge in [-0.1, -0.05) is 30.3 Å². The van der Waals surface area contributed by atoms with E-state index in [9.17, 15) is 14.7 Å². The molecule has 0 atom stereocenters. The maximum atomic E-state index is 13.2. The number of aromatic nitrogens is 2. The van der Waals surface area contributed by atoms with Gasteiger partial charge < -0.3 is 23.7 Å². The van der Waals surface area contributed by atoms with E-state index in [1.54, 1.807) is 17.9 Å². The predicted octanol–water partition coefficient (Wildman–Crippen LogP) is 4.20. The fourth-order valence-electron chi connectivity index (χ4n) is 4.97. The van der Waals surface area contributed by atoms with Crippen molar-refractivity contribution < 1.29 is 24.2 Å². The molecule has 8 nitrogen and oxygen atoms in total. The number of amides is 2. The Hall–Kier alpha value is -4.82. The van der Waals surface area contributed by atoms with Crippen molar-refractivity contribution in [3.63, 3.8) is 0 Å². The molecule has 2 aromatic heterocycles. The molecule has 0 spiro atoms. The Balaban J connectivity index is 1.51. The summed E-state index contributed by atoms with van der Waals surface area (Å²) >= 11 is 0. The Bertz CT molecular complexity index is 1730. The Morgan fingerprint density at radius 1 is 0.895 bits per heavy atom. The maximum absolute atomic E-state index is 13.2. The molecule has 0 radical (unpaired) electrons. The predicted molar refractivity (Wildman–Crippen MR) is 145 cm³/mol. The molecule has 5 aromatic rings. The van der Waals surface area contributed by atoms with E-state index in [1.165, 1.54) is 0 Å². The zero-order valence-electron chi connectivity index (χ0n) is 20.7. The molecule has 3 heterocycles. The Kier molecular flexibility index (Phi) is 5.94. The van der Waals surface area contributed by atoms with Crippen molar-refractivity contribution in [2.75, 3.05) is 13.7 Å². The molecule has 2 amide bonds. The topological polar surface area (TPSA) is 94.7 Å². The summed E-state index contributed by atoms with van der Waals surface area (Å²) in [6.45, 7) is 0.659. The van der Waals surface area contributed by atoms with Gasteiger partial charge in [0.15, 0.2) is 0 Å². The van der Waals surface area contributed by atoms with Gasteiger partial charge in [0.2, 0.25) is 0 Å².